The first-order valence-electron chi connectivity index (χ1n) is 12.7. The first-order valence-corrected chi connectivity index (χ1v) is 14.3. The molecule has 2 heterocycles. The molecule has 1 aromatic heterocycles. The van der Waals surface area contributed by atoms with E-state index in [1.165, 1.54) is 11.3 Å². The van der Waals surface area contributed by atoms with Gasteiger partial charge in [-0.05, 0) is 61.2 Å². The molecule has 202 valence electrons. The zero-order valence-corrected chi connectivity index (χ0v) is 24.0. The standard InChI is InChI=1S/C28H33Cl2N5O2S/c1-34(2)19-31-28-33-26(18-38-28)21-6-8-23(9-7-21)37-15-3-4-27(36)32-22-11-13-35(14-12-22)17-20-5-10-24(29)25(30)16-20/h5-10,16,18-19,22H,3-4,11-15,17H2,1-2H3,(H,32,36). The lowest BCUT2D eigenvalue weighted by Gasteiger charge is -2.32. The highest BCUT2D eigenvalue weighted by Crippen LogP contribution is 2.28. The monoisotopic (exact) mass is 573 g/mol. The van der Waals surface area contributed by atoms with Crippen LogP contribution in [0.15, 0.2) is 52.8 Å². The van der Waals surface area contributed by atoms with Gasteiger partial charge >= 0.3 is 0 Å². The number of likely N-dealkylation sites (tertiary alicyclic amines) is 1. The van der Waals surface area contributed by atoms with Crippen LogP contribution in [0.2, 0.25) is 10.0 Å². The molecule has 0 unspecified atom stereocenters. The van der Waals surface area contributed by atoms with Gasteiger partial charge in [-0.2, -0.15) is 0 Å². The van der Waals surface area contributed by atoms with Crippen LogP contribution in [0.1, 0.15) is 31.2 Å². The lowest BCUT2D eigenvalue weighted by atomic mass is 10.0. The van der Waals surface area contributed by atoms with Crippen molar-refractivity contribution in [3.63, 3.8) is 0 Å². The average molecular weight is 575 g/mol. The summed E-state index contributed by atoms with van der Waals surface area (Å²) in [4.78, 5) is 25.6. The highest BCUT2D eigenvalue weighted by Gasteiger charge is 2.20. The smallest absolute Gasteiger partial charge is 0.220 e. The number of halogens is 2. The number of aliphatic imine (C=N–C) groups is 1. The molecule has 1 fully saturated rings. The number of nitrogens with one attached hydrogen (secondary N) is 1. The number of carbonyl (C=O) groups is 1. The summed E-state index contributed by atoms with van der Waals surface area (Å²) < 4.78 is 5.84. The van der Waals surface area contributed by atoms with E-state index in [4.69, 9.17) is 27.9 Å². The Labute approximate surface area is 238 Å². The van der Waals surface area contributed by atoms with E-state index in [0.717, 1.165) is 60.2 Å². The maximum atomic E-state index is 12.4. The van der Waals surface area contributed by atoms with Crippen molar-refractivity contribution in [3.8, 4) is 17.0 Å². The second-order valence-electron chi connectivity index (χ2n) is 9.57. The minimum Gasteiger partial charge on any atom is -0.494 e. The van der Waals surface area contributed by atoms with Crippen LogP contribution in [0.5, 0.6) is 5.75 Å². The van der Waals surface area contributed by atoms with E-state index in [2.05, 4.69) is 20.2 Å². The average Bonchev–Trinajstić information content (AvgIpc) is 3.38. The molecule has 0 aliphatic carbocycles. The molecule has 2 aromatic carbocycles. The molecule has 1 N–H and O–H groups in total. The Balaban J connectivity index is 1.12. The number of piperidine rings is 1. The van der Waals surface area contributed by atoms with Crippen molar-refractivity contribution in [3.05, 3.63) is 63.5 Å². The molecule has 10 heteroatoms. The topological polar surface area (TPSA) is 70.1 Å². The zero-order valence-electron chi connectivity index (χ0n) is 21.7. The van der Waals surface area contributed by atoms with Crippen LogP contribution >= 0.6 is 34.5 Å². The van der Waals surface area contributed by atoms with E-state index >= 15 is 0 Å². The van der Waals surface area contributed by atoms with Gasteiger partial charge in [0, 0.05) is 57.1 Å². The largest absolute Gasteiger partial charge is 0.494 e. The first kappa shape index (κ1) is 28.4. The number of aromatic nitrogens is 1. The SMILES string of the molecule is CN(C)C=Nc1nc(-c2ccc(OCCCC(=O)NC3CCN(Cc4ccc(Cl)c(Cl)c4)CC3)cc2)cs1. The van der Waals surface area contributed by atoms with Crippen molar-refractivity contribution in [1.29, 1.82) is 0 Å². The Bertz CT molecular complexity index is 1220. The van der Waals surface area contributed by atoms with Crippen molar-refractivity contribution >= 4 is 51.9 Å². The van der Waals surface area contributed by atoms with Crippen molar-refractivity contribution in [2.24, 2.45) is 4.99 Å². The minimum absolute atomic E-state index is 0.0862. The normalized spacial score (nSPS) is 14.6. The number of rotatable bonds is 11. The highest BCUT2D eigenvalue weighted by atomic mass is 35.5. The Morgan fingerprint density at radius 2 is 1.95 bits per heavy atom. The molecule has 38 heavy (non-hydrogen) atoms. The molecule has 0 bridgehead atoms. The predicted molar refractivity (Wildman–Crippen MR) is 157 cm³/mol. The van der Waals surface area contributed by atoms with Crippen molar-refractivity contribution < 1.29 is 9.53 Å². The van der Waals surface area contributed by atoms with Gasteiger partial charge in [0.2, 0.25) is 11.0 Å². The summed E-state index contributed by atoms with van der Waals surface area (Å²) in [7, 11) is 3.85. The van der Waals surface area contributed by atoms with Crippen LogP contribution in [-0.4, -0.2) is 66.9 Å². The quantitative estimate of drug-likeness (QED) is 0.166. The van der Waals surface area contributed by atoms with Gasteiger partial charge in [0.05, 0.1) is 28.7 Å². The van der Waals surface area contributed by atoms with E-state index in [-0.39, 0.29) is 11.9 Å². The number of hydrogen-bond donors (Lipinski definition) is 1. The first-order chi connectivity index (χ1) is 18.4. The van der Waals surface area contributed by atoms with E-state index in [1.54, 1.807) is 6.34 Å². The van der Waals surface area contributed by atoms with Gasteiger partial charge in [-0.1, -0.05) is 29.3 Å². The van der Waals surface area contributed by atoms with E-state index in [1.807, 2.05) is 66.8 Å². The molecule has 0 atom stereocenters. The van der Waals surface area contributed by atoms with Crippen LogP contribution in [0.4, 0.5) is 5.13 Å². The number of carbonyl (C=O) groups excluding carboxylic acids is 1. The summed E-state index contributed by atoms with van der Waals surface area (Å²) in [6.07, 6.45) is 4.75. The minimum atomic E-state index is 0.0862. The lowest BCUT2D eigenvalue weighted by Crippen LogP contribution is -2.44. The number of thiazole rings is 1. The molecule has 1 amide bonds. The summed E-state index contributed by atoms with van der Waals surface area (Å²) in [6, 6.07) is 13.8. The second kappa shape index (κ2) is 13.9. The van der Waals surface area contributed by atoms with Crippen molar-refractivity contribution in [2.75, 3.05) is 33.8 Å². The number of benzene rings is 2. The summed E-state index contributed by atoms with van der Waals surface area (Å²) in [6.45, 7) is 3.21. The second-order valence-corrected chi connectivity index (χ2v) is 11.2. The Hall–Kier alpha value is -2.65. The van der Waals surface area contributed by atoms with Crippen LogP contribution < -0.4 is 10.1 Å². The Morgan fingerprint density at radius 1 is 1.18 bits per heavy atom. The van der Waals surface area contributed by atoms with E-state index < -0.39 is 0 Å². The summed E-state index contributed by atoms with van der Waals surface area (Å²) in [5.74, 6) is 0.868. The van der Waals surface area contributed by atoms with Crippen LogP contribution in [0, 0.1) is 0 Å². The van der Waals surface area contributed by atoms with Gasteiger partial charge in [0.15, 0.2) is 0 Å². The fraction of sp³-hybridized carbons (Fsp3) is 0.393. The van der Waals surface area contributed by atoms with E-state index in [0.29, 0.717) is 29.5 Å². The fourth-order valence-corrected chi connectivity index (χ4v) is 5.18. The maximum Gasteiger partial charge on any atom is 0.220 e. The molecular weight excluding hydrogens is 541 g/mol. The number of nitrogens with zero attached hydrogens (tertiary/aromatic N) is 4. The van der Waals surface area contributed by atoms with Gasteiger partial charge in [-0.15, -0.1) is 11.3 Å². The molecular formula is C28H33Cl2N5O2S. The number of amides is 1. The molecule has 0 radical (unpaired) electrons. The van der Waals surface area contributed by atoms with E-state index in [9.17, 15) is 4.79 Å². The van der Waals surface area contributed by atoms with Gasteiger partial charge in [0.1, 0.15) is 5.75 Å². The van der Waals surface area contributed by atoms with Crippen molar-refractivity contribution in [1.82, 2.24) is 20.1 Å². The number of ether oxygens (including phenoxy) is 1. The summed E-state index contributed by atoms with van der Waals surface area (Å²) >= 11 is 13.6. The molecule has 0 saturated carbocycles. The molecule has 1 saturated heterocycles. The molecule has 1 aliphatic rings. The highest BCUT2D eigenvalue weighted by molar-refractivity contribution is 7.13. The zero-order chi connectivity index (χ0) is 26.9. The Kier molecular flexibility index (Phi) is 10.4. The van der Waals surface area contributed by atoms with Gasteiger partial charge in [0.25, 0.3) is 0 Å². The molecule has 7 nitrogen and oxygen atoms in total. The third kappa shape index (κ3) is 8.70. The molecule has 1 aliphatic heterocycles. The van der Waals surface area contributed by atoms with Crippen LogP contribution in [-0.2, 0) is 11.3 Å². The van der Waals surface area contributed by atoms with Gasteiger partial charge in [-0.3, -0.25) is 9.69 Å². The molecule has 0 spiro atoms. The third-order valence-electron chi connectivity index (χ3n) is 6.20. The van der Waals surface area contributed by atoms with Gasteiger partial charge < -0.3 is 15.0 Å². The third-order valence-corrected chi connectivity index (χ3v) is 7.69. The molecule has 3 aromatic rings. The Morgan fingerprint density at radius 3 is 2.66 bits per heavy atom. The number of hydrogen-bond acceptors (Lipinski definition) is 6. The molecule has 4 rings (SSSR count). The summed E-state index contributed by atoms with van der Waals surface area (Å²) in [5.41, 5.74) is 3.06. The predicted octanol–water partition coefficient (Wildman–Crippen LogP) is 6.28. The lowest BCUT2D eigenvalue weighted by molar-refractivity contribution is -0.122. The van der Waals surface area contributed by atoms with Crippen LogP contribution in [0.25, 0.3) is 11.3 Å². The van der Waals surface area contributed by atoms with Crippen molar-refractivity contribution in [2.45, 2.75) is 38.3 Å². The van der Waals surface area contributed by atoms with Gasteiger partial charge in [-0.25, -0.2) is 9.98 Å². The summed E-state index contributed by atoms with van der Waals surface area (Å²) in [5, 5.41) is 7.07. The fourth-order valence-electron chi connectivity index (χ4n) is 4.20. The maximum absolute atomic E-state index is 12.4. The van der Waals surface area contributed by atoms with Crippen LogP contribution in [0.3, 0.4) is 0 Å².